The number of pyridine rings is 1. The summed E-state index contributed by atoms with van der Waals surface area (Å²) in [5.41, 5.74) is 4.12. The Morgan fingerprint density at radius 3 is 2.65 bits per heavy atom. The molecule has 2 aromatic carbocycles. The highest BCUT2D eigenvalue weighted by molar-refractivity contribution is 6.30. The van der Waals surface area contributed by atoms with Gasteiger partial charge in [-0.25, -0.2) is 0 Å². The number of aromatic nitrogens is 1. The minimum atomic E-state index is -0.225. The van der Waals surface area contributed by atoms with E-state index >= 15 is 0 Å². The van der Waals surface area contributed by atoms with Gasteiger partial charge in [-0.3, -0.25) is 14.6 Å². The normalized spacial score (nSPS) is 12.9. The molecule has 0 atom stereocenters. The first kappa shape index (κ1) is 21.1. The van der Waals surface area contributed by atoms with Crippen molar-refractivity contribution in [1.82, 2.24) is 10.3 Å². The third-order valence-electron chi connectivity index (χ3n) is 5.41. The average Bonchev–Trinajstić information content (AvgIpc) is 2.81. The van der Waals surface area contributed by atoms with E-state index in [1.807, 2.05) is 48.5 Å². The molecule has 31 heavy (non-hydrogen) atoms. The minimum Gasteiger partial charge on any atom is -0.348 e. The summed E-state index contributed by atoms with van der Waals surface area (Å²) >= 11 is 6.01. The zero-order chi connectivity index (χ0) is 21.6. The van der Waals surface area contributed by atoms with E-state index in [0.29, 0.717) is 36.5 Å². The number of hydrogen-bond acceptors (Lipinski definition) is 3. The highest BCUT2D eigenvalue weighted by Gasteiger charge is 2.24. The van der Waals surface area contributed by atoms with E-state index in [4.69, 9.17) is 11.6 Å². The molecular formula is C25H24ClN3O2. The second kappa shape index (κ2) is 9.75. The fourth-order valence-electron chi connectivity index (χ4n) is 3.78. The third-order valence-corrected chi connectivity index (χ3v) is 5.64. The number of amides is 2. The lowest BCUT2D eigenvalue weighted by Gasteiger charge is -2.29. The van der Waals surface area contributed by atoms with E-state index < -0.39 is 0 Å². The Labute approximate surface area is 187 Å². The van der Waals surface area contributed by atoms with Crippen molar-refractivity contribution in [3.63, 3.8) is 0 Å². The van der Waals surface area contributed by atoms with Gasteiger partial charge in [-0.1, -0.05) is 54.1 Å². The molecule has 4 rings (SSSR count). The second-order valence-corrected chi connectivity index (χ2v) is 8.07. The monoisotopic (exact) mass is 433 g/mol. The lowest BCUT2D eigenvalue weighted by molar-refractivity contribution is -0.118. The molecule has 1 aliphatic rings. The molecule has 0 spiro atoms. The molecule has 1 aromatic heterocycles. The van der Waals surface area contributed by atoms with Crippen molar-refractivity contribution in [2.24, 2.45) is 0 Å². The van der Waals surface area contributed by atoms with E-state index in [1.165, 1.54) is 0 Å². The number of anilines is 1. The number of aryl methyl sites for hydroxylation is 2. The van der Waals surface area contributed by atoms with Crippen molar-refractivity contribution in [2.45, 2.75) is 32.2 Å². The summed E-state index contributed by atoms with van der Waals surface area (Å²) in [6.45, 7) is 1.02. The van der Waals surface area contributed by atoms with E-state index in [9.17, 15) is 9.59 Å². The van der Waals surface area contributed by atoms with Gasteiger partial charge in [0.2, 0.25) is 5.91 Å². The number of fused-ring (bicyclic) bond motifs is 1. The largest absolute Gasteiger partial charge is 0.348 e. The summed E-state index contributed by atoms with van der Waals surface area (Å²) in [6.07, 6.45) is 4.39. The van der Waals surface area contributed by atoms with Crippen LogP contribution in [0, 0.1) is 0 Å². The van der Waals surface area contributed by atoms with Crippen LogP contribution < -0.4 is 10.2 Å². The summed E-state index contributed by atoms with van der Waals surface area (Å²) in [5.74, 6) is -0.166. The summed E-state index contributed by atoms with van der Waals surface area (Å²) in [4.78, 5) is 31.9. The van der Waals surface area contributed by atoms with Crippen molar-refractivity contribution < 1.29 is 9.59 Å². The molecule has 1 N–H and O–H groups in total. The molecule has 158 valence electrons. The van der Waals surface area contributed by atoms with Crippen LogP contribution in [0.4, 0.5) is 5.69 Å². The Morgan fingerprint density at radius 1 is 1.03 bits per heavy atom. The molecule has 0 fully saturated rings. The van der Waals surface area contributed by atoms with Gasteiger partial charge >= 0.3 is 0 Å². The minimum absolute atomic E-state index is 0.0584. The molecule has 2 heterocycles. The Morgan fingerprint density at radius 2 is 1.84 bits per heavy atom. The standard InChI is InChI=1S/C25H24ClN3O2/c26-21-9-4-8-19(14-21)16-28-25(31)20-15-23-22(27-17-20)10-5-13-29(23)24(30)12-11-18-6-2-1-3-7-18/h1-4,6-9,14-15,17H,5,10-13,16H2,(H,28,31). The van der Waals surface area contributed by atoms with Crippen LogP contribution in [0.25, 0.3) is 0 Å². The van der Waals surface area contributed by atoms with E-state index in [1.54, 1.807) is 23.2 Å². The molecule has 0 bridgehead atoms. The summed E-state index contributed by atoms with van der Waals surface area (Å²) in [5, 5.41) is 3.53. The molecule has 2 amide bonds. The van der Waals surface area contributed by atoms with Crippen LogP contribution in [0.5, 0.6) is 0 Å². The first-order chi connectivity index (χ1) is 15.1. The van der Waals surface area contributed by atoms with Crippen LogP contribution in [-0.4, -0.2) is 23.3 Å². The number of rotatable bonds is 6. The van der Waals surface area contributed by atoms with Gasteiger partial charge in [-0.2, -0.15) is 0 Å². The van der Waals surface area contributed by atoms with Crippen molar-refractivity contribution in [2.75, 3.05) is 11.4 Å². The smallest absolute Gasteiger partial charge is 0.253 e. The average molecular weight is 434 g/mol. The van der Waals surface area contributed by atoms with Crippen LogP contribution >= 0.6 is 11.6 Å². The fraction of sp³-hybridized carbons (Fsp3) is 0.240. The number of carbonyl (C=O) groups is 2. The van der Waals surface area contributed by atoms with Crippen molar-refractivity contribution in [3.8, 4) is 0 Å². The number of carbonyl (C=O) groups excluding carboxylic acids is 2. The van der Waals surface area contributed by atoms with Crippen LogP contribution in [-0.2, 0) is 24.2 Å². The fourth-order valence-corrected chi connectivity index (χ4v) is 3.99. The number of benzene rings is 2. The van der Waals surface area contributed by atoms with Gasteiger partial charge in [-0.05, 0) is 48.6 Å². The zero-order valence-electron chi connectivity index (χ0n) is 17.2. The number of nitrogens with one attached hydrogen (secondary N) is 1. The maximum absolute atomic E-state index is 12.9. The van der Waals surface area contributed by atoms with Gasteiger partial charge in [0.15, 0.2) is 0 Å². The van der Waals surface area contributed by atoms with Crippen molar-refractivity contribution in [1.29, 1.82) is 0 Å². The Hall–Kier alpha value is -3.18. The molecule has 5 nitrogen and oxygen atoms in total. The number of halogens is 1. The van der Waals surface area contributed by atoms with Gasteiger partial charge in [-0.15, -0.1) is 0 Å². The lowest BCUT2D eigenvalue weighted by atomic mass is 10.0. The predicted molar refractivity (Wildman–Crippen MR) is 122 cm³/mol. The first-order valence-corrected chi connectivity index (χ1v) is 10.8. The summed E-state index contributed by atoms with van der Waals surface area (Å²) < 4.78 is 0. The topological polar surface area (TPSA) is 62.3 Å². The highest BCUT2D eigenvalue weighted by atomic mass is 35.5. The SMILES string of the molecule is O=C(NCc1cccc(Cl)c1)c1cnc2c(c1)N(C(=O)CCc1ccccc1)CCC2. The van der Waals surface area contributed by atoms with Gasteiger partial charge in [0, 0.05) is 30.7 Å². The van der Waals surface area contributed by atoms with E-state index in [0.717, 1.165) is 35.3 Å². The molecular weight excluding hydrogens is 410 g/mol. The first-order valence-electron chi connectivity index (χ1n) is 10.5. The van der Waals surface area contributed by atoms with Crippen LogP contribution in [0.15, 0.2) is 66.9 Å². The molecule has 0 unspecified atom stereocenters. The molecule has 0 radical (unpaired) electrons. The Kier molecular flexibility index (Phi) is 6.63. The zero-order valence-corrected chi connectivity index (χ0v) is 17.9. The van der Waals surface area contributed by atoms with E-state index in [-0.39, 0.29) is 11.8 Å². The van der Waals surface area contributed by atoms with Gasteiger partial charge in [0.05, 0.1) is 16.9 Å². The third kappa shape index (κ3) is 5.30. The molecule has 0 saturated carbocycles. The number of hydrogen-bond donors (Lipinski definition) is 1. The molecule has 0 aliphatic carbocycles. The number of nitrogens with zero attached hydrogens (tertiary/aromatic N) is 2. The quantitative estimate of drug-likeness (QED) is 0.619. The Bertz CT molecular complexity index is 1090. The van der Waals surface area contributed by atoms with Gasteiger partial charge in [0.25, 0.3) is 5.91 Å². The van der Waals surface area contributed by atoms with E-state index in [2.05, 4.69) is 10.3 Å². The summed E-state index contributed by atoms with van der Waals surface area (Å²) in [6, 6.07) is 19.1. The van der Waals surface area contributed by atoms with Crippen LogP contribution in [0.3, 0.4) is 0 Å². The Balaban J connectivity index is 1.45. The maximum atomic E-state index is 12.9. The van der Waals surface area contributed by atoms with Crippen LogP contribution in [0.2, 0.25) is 5.02 Å². The van der Waals surface area contributed by atoms with Crippen molar-refractivity contribution >= 4 is 29.1 Å². The van der Waals surface area contributed by atoms with Gasteiger partial charge < -0.3 is 10.2 Å². The van der Waals surface area contributed by atoms with Crippen molar-refractivity contribution in [3.05, 3.63) is 94.3 Å². The molecule has 0 saturated heterocycles. The molecule has 1 aliphatic heterocycles. The molecule has 3 aromatic rings. The lowest BCUT2D eigenvalue weighted by Crippen LogP contribution is -2.36. The summed E-state index contributed by atoms with van der Waals surface area (Å²) in [7, 11) is 0. The predicted octanol–water partition coefficient (Wildman–Crippen LogP) is 4.58. The molecule has 6 heteroatoms. The second-order valence-electron chi connectivity index (χ2n) is 7.64. The van der Waals surface area contributed by atoms with Crippen LogP contribution in [0.1, 0.15) is 40.0 Å². The highest BCUT2D eigenvalue weighted by Crippen LogP contribution is 2.27. The maximum Gasteiger partial charge on any atom is 0.253 e. The van der Waals surface area contributed by atoms with Gasteiger partial charge in [0.1, 0.15) is 0 Å².